The van der Waals surface area contributed by atoms with Gasteiger partial charge in [0.25, 0.3) is 0 Å². The molecule has 1 aliphatic heterocycles. The van der Waals surface area contributed by atoms with E-state index in [2.05, 4.69) is 35.8 Å². The Balaban J connectivity index is 1.91. The first-order valence-corrected chi connectivity index (χ1v) is 6.56. The molecule has 1 N–H and O–H groups in total. The van der Waals surface area contributed by atoms with E-state index < -0.39 is 0 Å². The predicted molar refractivity (Wildman–Crippen MR) is 64.5 cm³/mol. The van der Waals surface area contributed by atoms with E-state index >= 15 is 0 Å². The van der Waals surface area contributed by atoms with Gasteiger partial charge in [-0.2, -0.15) is 0 Å². The number of morpholine rings is 1. The first kappa shape index (κ1) is 11.0. The summed E-state index contributed by atoms with van der Waals surface area (Å²) in [6.07, 6.45) is 3.46. The van der Waals surface area contributed by atoms with Crippen molar-refractivity contribution in [2.45, 2.75) is 17.4 Å². The third-order valence-electron chi connectivity index (χ3n) is 2.63. The maximum Gasteiger partial charge on any atom is 0.0740 e. The summed E-state index contributed by atoms with van der Waals surface area (Å²) < 4.78 is 5.67. The molecule has 1 aromatic rings. The Labute approximate surface area is 95.4 Å². The number of thioether (sulfide) groups is 1. The largest absolute Gasteiger partial charge is 0.375 e. The first-order chi connectivity index (χ1) is 7.38. The highest BCUT2D eigenvalue weighted by molar-refractivity contribution is 7.98. The summed E-state index contributed by atoms with van der Waals surface area (Å²) in [5.41, 5.74) is 1.36. The van der Waals surface area contributed by atoms with Gasteiger partial charge in [-0.05, 0) is 30.4 Å². The highest BCUT2D eigenvalue weighted by atomic mass is 32.2. The maximum absolute atomic E-state index is 5.67. The molecule has 1 atom stereocenters. The summed E-state index contributed by atoms with van der Waals surface area (Å²) in [6.45, 7) is 2.81. The topological polar surface area (TPSA) is 21.3 Å². The van der Waals surface area contributed by atoms with Crippen LogP contribution in [0.15, 0.2) is 29.2 Å². The quantitative estimate of drug-likeness (QED) is 0.791. The summed E-state index contributed by atoms with van der Waals surface area (Å²) in [5.74, 6) is 0. The van der Waals surface area contributed by atoms with Crippen LogP contribution in [0.25, 0.3) is 0 Å². The first-order valence-electron chi connectivity index (χ1n) is 5.34. The molecular formula is C12H17NOS. The van der Waals surface area contributed by atoms with Crippen LogP contribution in [0.4, 0.5) is 0 Å². The van der Waals surface area contributed by atoms with Gasteiger partial charge in [-0.1, -0.05) is 12.1 Å². The highest BCUT2D eigenvalue weighted by Crippen LogP contribution is 2.16. The summed E-state index contributed by atoms with van der Waals surface area (Å²) in [5, 5.41) is 3.35. The van der Waals surface area contributed by atoms with Crippen molar-refractivity contribution in [1.29, 1.82) is 0 Å². The molecule has 1 aliphatic rings. The molecule has 0 aliphatic carbocycles. The molecule has 2 nitrogen and oxygen atoms in total. The standard InChI is InChI=1S/C12H17NOS/c1-15-12-4-2-10(3-5-12)8-11-9-13-6-7-14-11/h2-5,11,13H,6-9H2,1H3. The second kappa shape index (κ2) is 5.54. The molecule has 0 aromatic heterocycles. The average Bonchev–Trinajstić information content (AvgIpc) is 2.31. The van der Waals surface area contributed by atoms with Crippen LogP contribution in [0.2, 0.25) is 0 Å². The molecule has 1 aromatic carbocycles. The van der Waals surface area contributed by atoms with Crippen molar-refractivity contribution in [2.75, 3.05) is 26.0 Å². The molecule has 1 saturated heterocycles. The van der Waals surface area contributed by atoms with Crippen molar-refractivity contribution in [2.24, 2.45) is 0 Å². The fourth-order valence-electron chi connectivity index (χ4n) is 1.78. The minimum atomic E-state index is 0.346. The minimum absolute atomic E-state index is 0.346. The second-order valence-electron chi connectivity index (χ2n) is 3.75. The normalized spacial score (nSPS) is 21.5. The number of ether oxygens (including phenoxy) is 1. The number of hydrogen-bond donors (Lipinski definition) is 1. The SMILES string of the molecule is CSc1ccc(CC2CNCCO2)cc1. The van der Waals surface area contributed by atoms with E-state index in [4.69, 9.17) is 4.74 Å². The molecule has 82 valence electrons. The van der Waals surface area contributed by atoms with Gasteiger partial charge in [0.2, 0.25) is 0 Å². The van der Waals surface area contributed by atoms with Crippen molar-refractivity contribution in [3.05, 3.63) is 29.8 Å². The van der Waals surface area contributed by atoms with Crippen LogP contribution in [-0.4, -0.2) is 32.1 Å². The number of hydrogen-bond acceptors (Lipinski definition) is 3. The number of nitrogens with one attached hydrogen (secondary N) is 1. The zero-order valence-corrected chi connectivity index (χ0v) is 9.85. The Morgan fingerprint density at radius 2 is 2.20 bits per heavy atom. The lowest BCUT2D eigenvalue weighted by atomic mass is 10.1. The number of benzene rings is 1. The lowest BCUT2D eigenvalue weighted by Gasteiger charge is -2.23. The smallest absolute Gasteiger partial charge is 0.0740 e. The van der Waals surface area contributed by atoms with Gasteiger partial charge in [0.05, 0.1) is 12.7 Å². The fourth-order valence-corrected chi connectivity index (χ4v) is 2.18. The molecule has 0 radical (unpaired) electrons. The fraction of sp³-hybridized carbons (Fsp3) is 0.500. The Bertz CT molecular complexity index is 293. The molecule has 1 fully saturated rings. The third-order valence-corrected chi connectivity index (χ3v) is 3.37. The van der Waals surface area contributed by atoms with Crippen molar-refractivity contribution < 1.29 is 4.74 Å². The van der Waals surface area contributed by atoms with Crippen LogP contribution < -0.4 is 5.32 Å². The minimum Gasteiger partial charge on any atom is -0.375 e. The average molecular weight is 223 g/mol. The molecule has 1 heterocycles. The summed E-state index contributed by atoms with van der Waals surface area (Å²) in [6, 6.07) is 8.75. The van der Waals surface area contributed by atoms with E-state index in [0.717, 1.165) is 26.1 Å². The maximum atomic E-state index is 5.67. The van der Waals surface area contributed by atoms with Gasteiger partial charge in [-0.15, -0.1) is 11.8 Å². The van der Waals surface area contributed by atoms with Crippen molar-refractivity contribution >= 4 is 11.8 Å². The molecule has 1 unspecified atom stereocenters. The van der Waals surface area contributed by atoms with Crippen LogP contribution in [0.5, 0.6) is 0 Å². The van der Waals surface area contributed by atoms with Crippen LogP contribution in [0, 0.1) is 0 Å². The molecule has 0 saturated carbocycles. The van der Waals surface area contributed by atoms with Crippen molar-refractivity contribution in [3.63, 3.8) is 0 Å². The van der Waals surface area contributed by atoms with E-state index in [1.54, 1.807) is 11.8 Å². The van der Waals surface area contributed by atoms with Gasteiger partial charge < -0.3 is 10.1 Å². The molecule has 0 amide bonds. The van der Waals surface area contributed by atoms with Crippen molar-refractivity contribution in [3.8, 4) is 0 Å². The predicted octanol–water partition coefficient (Wildman–Crippen LogP) is 1.94. The van der Waals surface area contributed by atoms with Crippen LogP contribution in [-0.2, 0) is 11.2 Å². The Kier molecular flexibility index (Phi) is 4.06. The third kappa shape index (κ3) is 3.23. The number of rotatable bonds is 3. The highest BCUT2D eigenvalue weighted by Gasteiger charge is 2.13. The molecule has 15 heavy (non-hydrogen) atoms. The van der Waals surface area contributed by atoms with Gasteiger partial charge in [-0.25, -0.2) is 0 Å². The van der Waals surface area contributed by atoms with Crippen molar-refractivity contribution in [1.82, 2.24) is 5.32 Å². The molecule has 3 heteroatoms. The van der Waals surface area contributed by atoms with E-state index in [0.29, 0.717) is 6.10 Å². The van der Waals surface area contributed by atoms with Gasteiger partial charge in [0, 0.05) is 18.0 Å². The Morgan fingerprint density at radius 3 is 2.80 bits per heavy atom. The lowest BCUT2D eigenvalue weighted by molar-refractivity contribution is 0.0292. The molecular weight excluding hydrogens is 206 g/mol. The van der Waals surface area contributed by atoms with Gasteiger partial charge >= 0.3 is 0 Å². The van der Waals surface area contributed by atoms with E-state index in [-0.39, 0.29) is 0 Å². The molecule has 0 spiro atoms. The summed E-state index contributed by atoms with van der Waals surface area (Å²) in [7, 11) is 0. The van der Waals surface area contributed by atoms with Crippen LogP contribution in [0.1, 0.15) is 5.56 Å². The van der Waals surface area contributed by atoms with E-state index in [1.807, 2.05) is 0 Å². The van der Waals surface area contributed by atoms with Crippen LogP contribution in [0.3, 0.4) is 0 Å². The summed E-state index contributed by atoms with van der Waals surface area (Å²) >= 11 is 1.78. The van der Waals surface area contributed by atoms with Gasteiger partial charge in [0.15, 0.2) is 0 Å². The van der Waals surface area contributed by atoms with Crippen LogP contribution >= 0.6 is 11.8 Å². The lowest BCUT2D eigenvalue weighted by Crippen LogP contribution is -2.39. The monoisotopic (exact) mass is 223 g/mol. The zero-order valence-electron chi connectivity index (χ0n) is 9.03. The zero-order chi connectivity index (χ0) is 10.5. The van der Waals surface area contributed by atoms with Gasteiger partial charge in [0.1, 0.15) is 0 Å². The Morgan fingerprint density at radius 1 is 1.40 bits per heavy atom. The molecule has 0 bridgehead atoms. The van der Waals surface area contributed by atoms with Gasteiger partial charge in [-0.3, -0.25) is 0 Å². The van der Waals surface area contributed by atoms with E-state index in [9.17, 15) is 0 Å². The molecule has 2 rings (SSSR count). The van der Waals surface area contributed by atoms with E-state index in [1.165, 1.54) is 10.5 Å². The Hall–Kier alpha value is -0.510. The second-order valence-corrected chi connectivity index (χ2v) is 4.63. The summed E-state index contributed by atoms with van der Waals surface area (Å²) in [4.78, 5) is 1.32.